The van der Waals surface area contributed by atoms with Gasteiger partial charge in [0.05, 0.1) is 27.7 Å². The maximum Gasteiger partial charge on any atom is 0.326 e. The number of imidazole rings is 1. The molecule has 6 rings (SSSR count). The molecule has 1 saturated heterocycles. The molecular weight excluding hydrogens is 394 g/mol. The first-order valence-corrected chi connectivity index (χ1v) is 10.9. The van der Waals surface area contributed by atoms with E-state index in [0.29, 0.717) is 41.4 Å². The van der Waals surface area contributed by atoms with Gasteiger partial charge in [-0.1, -0.05) is 17.3 Å². The lowest BCUT2D eigenvalue weighted by atomic mass is 10.0. The van der Waals surface area contributed by atoms with Crippen molar-refractivity contribution < 1.29 is 9.32 Å². The third kappa shape index (κ3) is 2.97. The Morgan fingerprint density at radius 1 is 1.16 bits per heavy atom. The van der Waals surface area contributed by atoms with Crippen LogP contribution in [0.4, 0.5) is 0 Å². The van der Waals surface area contributed by atoms with Crippen molar-refractivity contribution in [1.82, 2.24) is 24.6 Å². The van der Waals surface area contributed by atoms with E-state index in [9.17, 15) is 9.59 Å². The number of hydrogen-bond donors (Lipinski definition) is 1. The number of aromatic nitrogens is 4. The zero-order valence-electron chi connectivity index (χ0n) is 17.3. The van der Waals surface area contributed by atoms with Gasteiger partial charge in [0, 0.05) is 30.7 Å². The Bertz CT molecular complexity index is 1370. The van der Waals surface area contributed by atoms with Crippen LogP contribution in [0.15, 0.2) is 39.6 Å². The van der Waals surface area contributed by atoms with Crippen molar-refractivity contribution in [1.29, 1.82) is 0 Å². The van der Waals surface area contributed by atoms with Crippen LogP contribution in [0.25, 0.3) is 22.1 Å². The van der Waals surface area contributed by atoms with Crippen molar-refractivity contribution in [3.63, 3.8) is 0 Å². The third-order valence-corrected chi connectivity index (χ3v) is 6.60. The van der Waals surface area contributed by atoms with E-state index in [1.165, 1.54) is 0 Å². The number of pyridine rings is 1. The van der Waals surface area contributed by atoms with Gasteiger partial charge in [-0.05, 0) is 50.8 Å². The number of amides is 1. The molecule has 0 radical (unpaired) electrons. The van der Waals surface area contributed by atoms with Crippen LogP contribution >= 0.6 is 0 Å². The molecule has 0 unspecified atom stereocenters. The molecule has 4 heterocycles. The Hall–Kier alpha value is -3.42. The molecule has 1 aliphatic heterocycles. The number of nitrogens with zero attached hydrogens (tertiary/aromatic N) is 4. The number of benzene rings is 1. The Morgan fingerprint density at radius 2 is 1.94 bits per heavy atom. The minimum absolute atomic E-state index is 0.00896. The summed E-state index contributed by atoms with van der Waals surface area (Å²) < 4.78 is 7.24. The smallest absolute Gasteiger partial charge is 0.326 e. The molecule has 158 valence electrons. The molecule has 0 spiro atoms. The lowest BCUT2D eigenvalue weighted by Crippen LogP contribution is -2.40. The van der Waals surface area contributed by atoms with Gasteiger partial charge in [-0.2, -0.15) is 0 Å². The van der Waals surface area contributed by atoms with Gasteiger partial charge in [0.25, 0.3) is 11.6 Å². The van der Waals surface area contributed by atoms with Crippen LogP contribution in [0.1, 0.15) is 59.4 Å². The number of aromatic amines is 1. The Labute approximate surface area is 177 Å². The molecule has 8 nitrogen and oxygen atoms in total. The van der Waals surface area contributed by atoms with E-state index in [0.717, 1.165) is 42.4 Å². The van der Waals surface area contributed by atoms with Gasteiger partial charge in [0.2, 0.25) is 0 Å². The molecule has 0 bridgehead atoms. The summed E-state index contributed by atoms with van der Waals surface area (Å²) in [5.74, 6) is 0.408. The van der Waals surface area contributed by atoms with Crippen molar-refractivity contribution in [2.75, 3.05) is 13.1 Å². The molecule has 8 heteroatoms. The fraction of sp³-hybridized carbons (Fsp3) is 0.391. The summed E-state index contributed by atoms with van der Waals surface area (Å²) in [5, 5.41) is 4.75. The molecule has 3 aromatic heterocycles. The number of aryl methyl sites for hydroxylation is 1. The van der Waals surface area contributed by atoms with Crippen molar-refractivity contribution in [2.45, 2.75) is 44.6 Å². The average Bonchev–Trinajstić information content (AvgIpc) is 3.50. The van der Waals surface area contributed by atoms with E-state index in [4.69, 9.17) is 4.52 Å². The highest BCUT2D eigenvalue weighted by Gasteiger charge is 2.31. The van der Waals surface area contributed by atoms with Gasteiger partial charge in [-0.15, -0.1) is 0 Å². The highest BCUT2D eigenvalue weighted by molar-refractivity contribution is 6.06. The minimum atomic E-state index is -0.0870. The lowest BCUT2D eigenvalue weighted by Gasteiger charge is -2.32. The predicted octanol–water partition coefficient (Wildman–Crippen LogP) is 3.53. The first kappa shape index (κ1) is 18.4. The zero-order valence-corrected chi connectivity index (χ0v) is 17.3. The van der Waals surface area contributed by atoms with Crippen LogP contribution in [-0.4, -0.2) is 43.6 Å². The van der Waals surface area contributed by atoms with Crippen LogP contribution in [-0.2, 0) is 0 Å². The normalized spacial score (nSPS) is 17.6. The van der Waals surface area contributed by atoms with Crippen LogP contribution in [0.5, 0.6) is 0 Å². The monoisotopic (exact) mass is 417 g/mol. The van der Waals surface area contributed by atoms with E-state index in [1.807, 2.05) is 46.7 Å². The second-order valence-corrected chi connectivity index (χ2v) is 8.66. The van der Waals surface area contributed by atoms with Gasteiger partial charge in [-0.25, -0.2) is 9.78 Å². The quantitative estimate of drug-likeness (QED) is 0.550. The molecule has 2 aliphatic rings. The maximum absolute atomic E-state index is 13.5. The number of H-pyrrole nitrogens is 1. The summed E-state index contributed by atoms with van der Waals surface area (Å²) >= 11 is 0. The first-order valence-electron chi connectivity index (χ1n) is 10.9. The SMILES string of the molecule is Cc1noc2nc(C3CC3)cc(C(=O)N3CCC(n4c(=O)[nH]c5ccccc54)CC3)c12. The number of nitrogens with one attached hydrogen (secondary N) is 1. The number of para-hydroxylation sites is 2. The fourth-order valence-corrected chi connectivity index (χ4v) is 4.80. The molecule has 1 N–H and O–H groups in total. The van der Waals surface area contributed by atoms with E-state index in [2.05, 4.69) is 15.1 Å². The summed E-state index contributed by atoms with van der Waals surface area (Å²) in [6, 6.07) is 9.75. The maximum atomic E-state index is 13.5. The highest BCUT2D eigenvalue weighted by Crippen LogP contribution is 2.40. The number of carbonyl (C=O) groups excluding carboxylic acids is 1. The zero-order chi connectivity index (χ0) is 21.1. The van der Waals surface area contributed by atoms with Crippen molar-refractivity contribution in [3.05, 3.63) is 57.8 Å². The summed E-state index contributed by atoms with van der Waals surface area (Å²) in [6.07, 6.45) is 3.67. The largest absolute Gasteiger partial charge is 0.338 e. The Balaban J connectivity index is 1.28. The van der Waals surface area contributed by atoms with E-state index >= 15 is 0 Å². The fourth-order valence-electron chi connectivity index (χ4n) is 4.80. The second kappa shape index (κ2) is 6.80. The Morgan fingerprint density at radius 3 is 2.71 bits per heavy atom. The molecule has 4 aromatic rings. The number of piperidine rings is 1. The number of rotatable bonds is 3. The third-order valence-electron chi connectivity index (χ3n) is 6.60. The van der Waals surface area contributed by atoms with Gasteiger partial charge in [0.15, 0.2) is 0 Å². The molecule has 1 aromatic carbocycles. The van der Waals surface area contributed by atoms with Crippen LogP contribution < -0.4 is 5.69 Å². The van der Waals surface area contributed by atoms with E-state index in [-0.39, 0.29) is 17.6 Å². The lowest BCUT2D eigenvalue weighted by molar-refractivity contribution is 0.0696. The minimum Gasteiger partial charge on any atom is -0.338 e. The van der Waals surface area contributed by atoms with Crippen LogP contribution in [0.2, 0.25) is 0 Å². The molecule has 0 atom stereocenters. The summed E-state index contributed by atoms with van der Waals surface area (Å²) in [6.45, 7) is 3.04. The standard InChI is InChI=1S/C23H23N5O3/c1-13-20-16(12-18(14-6-7-14)24-21(20)31-26-13)22(29)27-10-8-15(9-11-27)28-19-5-3-2-4-17(19)25-23(28)30/h2-5,12,14-15H,6-11H2,1H3,(H,25,30). The van der Waals surface area contributed by atoms with Crippen LogP contribution in [0.3, 0.4) is 0 Å². The van der Waals surface area contributed by atoms with E-state index < -0.39 is 0 Å². The number of carbonyl (C=O) groups is 1. The Kier molecular flexibility index (Phi) is 4.03. The van der Waals surface area contributed by atoms with Gasteiger partial charge >= 0.3 is 5.69 Å². The van der Waals surface area contributed by atoms with Gasteiger partial charge in [0.1, 0.15) is 0 Å². The van der Waals surface area contributed by atoms with Gasteiger partial charge in [-0.3, -0.25) is 9.36 Å². The summed E-state index contributed by atoms with van der Waals surface area (Å²) in [5.41, 5.74) is 4.37. The average molecular weight is 417 g/mol. The summed E-state index contributed by atoms with van der Waals surface area (Å²) in [7, 11) is 0. The predicted molar refractivity (Wildman–Crippen MR) is 115 cm³/mol. The van der Waals surface area contributed by atoms with Crippen LogP contribution in [0, 0.1) is 6.92 Å². The first-order chi connectivity index (χ1) is 15.1. The number of likely N-dealkylation sites (tertiary alicyclic amines) is 1. The number of hydrogen-bond acceptors (Lipinski definition) is 5. The van der Waals surface area contributed by atoms with E-state index in [1.54, 1.807) is 0 Å². The van der Waals surface area contributed by atoms with Crippen molar-refractivity contribution in [3.8, 4) is 0 Å². The highest BCUT2D eigenvalue weighted by atomic mass is 16.5. The molecule has 31 heavy (non-hydrogen) atoms. The second-order valence-electron chi connectivity index (χ2n) is 8.66. The molecular formula is C23H23N5O3. The van der Waals surface area contributed by atoms with Gasteiger partial charge < -0.3 is 14.4 Å². The molecule has 2 fully saturated rings. The van der Waals surface area contributed by atoms with Crippen molar-refractivity contribution in [2.24, 2.45) is 0 Å². The molecule has 1 amide bonds. The summed E-state index contributed by atoms with van der Waals surface area (Å²) in [4.78, 5) is 35.4. The molecule has 1 saturated carbocycles. The number of fused-ring (bicyclic) bond motifs is 2. The topological polar surface area (TPSA) is 97.0 Å². The molecule has 1 aliphatic carbocycles. The van der Waals surface area contributed by atoms with Crippen molar-refractivity contribution >= 4 is 28.0 Å².